The fraction of sp³-hybridized carbons (Fsp3) is 0.556. The van der Waals surface area contributed by atoms with Crippen molar-refractivity contribution in [2.45, 2.75) is 13.8 Å². The highest BCUT2D eigenvalue weighted by atomic mass is 16.6. The molecule has 1 aromatic rings. The lowest BCUT2D eigenvalue weighted by Crippen LogP contribution is -2.50. The Labute approximate surface area is 142 Å². The SMILES string of the molecule is CC(C)C(=O)N1CCN(CC(=O)c2ccc3c(c2)OCCO3)CC1. The van der Waals surface area contributed by atoms with Gasteiger partial charge in [-0.1, -0.05) is 13.8 Å². The molecular formula is C18H24N2O4. The maximum absolute atomic E-state index is 12.5. The first-order valence-corrected chi connectivity index (χ1v) is 8.48. The van der Waals surface area contributed by atoms with Crippen molar-refractivity contribution in [2.24, 2.45) is 5.92 Å². The van der Waals surface area contributed by atoms with Crippen molar-refractivity contribution in [1.82, 2.24) is 9.80 Å². The van der Waals surface area contributed by atoms with Gasteiger partial charge in [0.05, 0.1) is 6.54 Å². The molecule has 1 aromatic carbocycles. The average molecular weight is 332 g/mol. The number of nitrogens with zero attached hydrogens (tertiary/aromatic N) is 2. The summed E-state index contributed by atoms with van der Waals surface area (Å²) >= 11 is 0. The molecule has 0 spiro atoms. The topological polar surface area (TPSA) is 59.1 Å². The zero-order valence-electron chi connectivity index (χ0n) is 14.3. The lowest BCUT2D eigenvalue weighted by Gasteiger charge is -2.35. The quantitative estimate of drug-likeness (QED) is 0.781. The molecule has 6 nitrogen and oxygen atoms in total. The number of Topliss-reactive ketones (excluding diaryl/α,β-unsaturated/α-hetero) is 1. The normalized spacial score (nSPS) is 17.9. The molecule has 0 N–H and O–H groups in total. The summed E-state index contributed by atoms with van der Waals surface area (Å²) in [5, 5.41) is 0. The Balaban J connectivity index is 1.55. The zero-order valence-corrected chi connectivity index (χ0v) is 14.3. The summed E-state index contributed by atoms with van der Waals surface area (Å²) in [7, 11) is 0. The molecular weight excluding hydrogens is 308 g/mol. The third-order valence-corrected chi connectivity index (χ3v) is 4.41. The highest BCUT2D eigenvalue weighted by Crippen LogP contribution is 2.30. The van der Waals surface area contributed by atoms with Crippen LogP contribution in [0.5, 0.6) is 11.5 Å². The van der Waals surface area contributed by atoms with Crippen molar-refractivity contribution in [3.05, 3.63) is 23.8 Å². The highest BCUT2D eigenvalue weighted by molar-refractivity contribution is 5.98. The van der Waals surface area contributed by atoms with Crippen LogP contribution >= 0.6 is 0 Å². The molecule has 6 heteroatoms. The highest BCUT2D eigenvalue weighted by Gasteiger charge is 2.24. The molecule has 0 radical (unpaired) electrons. The Morgan fingerprint density at radius 2 is 1.71 bits per heavy atom. The van der Waals surface area contributed by atoms with Crippen LogP contribution in [0.3, 0.4) is 0 Å². The Kier molecular flexibility index (Phi) is 5.04. The van der Waals surface area contributed by atoms with E-state index >= 15 is 0 Å². The molecule has 1 fully saturated rings. The number of carbonyl (C=O) groups is 2. The number of amides is 1. The first-order chi connectivity index (χ1) is 11.5. The molecule has 24 heavy (non-hydrogen) atoms. The lowest BCUT2D eigenvalue weighted by atomic mass is 10.1. The fourth-order valence-electron chi connectivity index (χ4n) is 3.00. The maximum atomic E-state index is 12.5. The second-order valence-electron chi connectivity index (χ2n) is 6.54. The standard InChI is InChI=1S/C18H24N2O4/c1-13(2)18(22)20-7-5-19(6-8-20)12-15(21)14-3-4-16-17(11-14)24-10-9-23-16/h3-4,11,13H,5-10,12H2,1-2H3. The Morgan fingerprint density at radius 1 is 1.04 bits per heavy atom. The van der Waals surface area contributed by atoms with E-state index in [0.29, 0.717) is 49.9 Å². The molecule has 1 saturated heterocycles. The fourth-order valence-corrected chi connectivity index (χ4v) is 3.00. The van der Waals surface area contributed by atoms with Crippen LogP contribution in [-0.2, 0) is 4.79 Å². The number of ether oxygens (including phenoxy) is 2. The molecule has 130 valence electrons. The number of hydrogen-bond donors (Lipinski definition) is 0. The number of piperazine rings is 1. The number of carbonyl (C=O) groups excluding carboxylic acids is 2. The van der Waals surface area contributed by atoms with Gasteiger partial charge in [0, 0.05) is 37.7 Å². The smallest absolute Gasteiger partial charge is 0.225 e. The molecule has 2 aliphatic heterocycles. The number of rotatable bonds is 4. The Bertz CT molecular complexity index is 621. The van der Waals surface area contributed by atoms with Crippen molar-refractivity contribution in [3.63, 3.8) is 0 Å². The number of benzene rings is 1. The van der Waals surface area contributed by atoms with Gasteiger partial charge >= 0.3 is 0 Å². The molecule has 2 aliphatic rings. The monoisotopic (exact) mass is 332 g/mol. The van der Waals surface area contributed by atoms with E-state index in [4.69, 9.17) is 9.47 Å². The van der Waals surface area contributed by atoms with E-state index in [9.17, 15) is 9.59 Å². The van der Waals surface area contributed by atoms with Crippen LogP contribution in [0.1, 0.15) is 24.2 Å². The molecule has 0 unspecified atom stereocenters. The minimum atomic E-state index is 0.0240. The third kappa shape index (κ3) is 3.70. The Hall–Kier alpha value is -2.08. The second-order valence-corrected chi connectivity index (χ2v) is 6.54. The predicted octanol–water partition coefficient (Wildman–Crippen LogP) is 1.44. The van der Waals surface area contributed by atoms with Gasteiger partial charge in [0.2, 0.25) is 5.91 Å². The molecule has 1 amide bonds. The maximum Gasteiger partial charge on any atom is 0.225 e. The number of ketones is 1. The summed E-state index contributed by atoms with van der Waals surface area (Å²) in [4.78, 5) is 28.5. The van der Waals surface area contributed by atoms with Crippen molar-refractivity contribution in [2.75, 3.05) is 45.9 Å². The van der Waals surface area contributed by atoms with E-state index in [-0.39, 0.29) is 17.6 Å². The largest absolute Gasteiger partial charge is 0.486 e. The Morgan fingerprint density at radius 3 is 2.38 bits per heavy atom. The summed E-state index contributed by atoms with van der Waals surface area (Å²) in [6, 6.07) is 5.34. The zero-order chi connectivity index (χ0) is 17.1. The van der Waals surface area contributed by atoms with Gasteiger partial charge in [0.25, 0.3) is 0 Å². The molecule has 0 bridgehead atoms. The summed E-state index contributed by atoms with van der Waals surface area (Å²) in [6.07, 6.45) is 0. The lowest BCUT2D eigenvalue weighted by molar-refractivity contribution is -0.136. The minimum absolute atomic E-state index is 0.0240. The summed E-state index contributed by atoms with van der Waals surface area (Å²) in [5.74, 6) is 1.61. The van der Waals surface area contributed by atoms with Gasteiger partial charge in [-0.3, -0.25) is 14.5 Å². The van der Waals surface area contributed by atoms with Gasteiger partial charge < -0.3 is 14.4 Å². The summed E-state index contributed by atoms with van der Waals surface area (Å²) in [6.45, 7) is 8.08. The molecule has 2 heterocycles. The molecule has 3 rings (SSSR count). The van der Waals surface area contributed by atoms with Crippen molar-refractivity contribution in [1.29, 1.82) is 0 Å². The van der Waals surface area contributed by atoms with Crippen LogP contribution in [0.25, 0.3) is 0 Å². The van der Waals surface area contributed by atoms with Gasteiger partial charge in [0.1, 0.15) is 13.2 Å². The van der Waals surface area contributed by atoms with Crippen LogP contribution in [0.4, 0.5) is 0 Å². The molecule has 0 saturated carbocycles. The van der Waals surface area contributed by atoms with E-state index in [1.807, 2.05) is 18.7 Å². The van der Waals surface area contributed by atoms with E-state index in [2.05, 4.69) is 4.90 Å². The summed E-state index contributed by atoms with van der Waals surface area (Å²) < 4.78 is 11.0. The molecule has 0 aromatic heterocycles. The van der Waals surface area contributed by atoms with E-state index < -0.39 is 0 Å². The van der Waals surface area contributed by atoms with Crippen LogP contribution in [0.2, 0.25) is 0 Å². The number of hydrogen-bond acceptors (Lipinski definition) is 5. The second kappa shape index (κ2) is 7.21. The molecule has 0 atom stereocenters. The van der Waals surface area contributed by atoms with Gasteiger partial charge in [-0.2, -0.15) is 0 Å². The third-order valence-electron chi connectivity index (χ3n) is 4.41. The van der Waals surface area contributed by atoms with Gasteiger partial charge in [-0.05, 0) is 18.2 Å². The van der Waals surface area contributed by atoms with Gasteiger partial charge in [-0.15, -0.1) is 0 Å². The predicted molar refractivity (Wildman–Crippen MR) is 89.6 cm³/mol. The van der Waals surface area contributed by atoms with E-state index in [1.165, 1.54) is 0 Å². The average Bonchev–Trinajstić information content (AvgIpc) is 2.61. The minimum Gasteiger partial charge on any atom is -0.486 e. The van der Waals surface area contributed by atoms with Crippen molar-refractivity contribution >= 4 is 11.7 Å². The van der Waals surface area contributed by atoms with Gasteiger partial charge in [-0.25, -0.2) is 0 Å². The van der Waals surface area contributed by atoms with Crippen molar-refractivity contribution < 1.29 is 19.1 Å². The van der Waals surface area contributed by atoms with Crippen LogP contribution < -0.4 is 9.47 Å². The van der Waals surface area contributed by atoms with E-state index in [1.54, 1.807) is 18.2 Å². The van der Waals surface area contributed by atoms with Crippen LogP contribution in [0, 0.1) is 5.92 Å². The van der Waals surface area contributed by atoms with Crippen LogP contribution in [0.15, 0.2) is 18.2 Å². The van der Waals surface area contributed by atoms with Crippen molar-refractivity contribution in [3.8, 4) is 11.5 Å². The summed E-state index contributed by atoms with van der Waals surface area (Å²) in [5.41, 5.74) is 0.639. The number of fused-ring (bicyclic) bond motifs is 1. The first kappa shape index (κ1) is 16.8. The van der Waals surface area contributed by atoms with Gasteiger partial charge in [0.15, 0.2) is 17.3 Å². The van der Waals surface area contributed by atoms with E-state index in [0.717, 1.165) is 13.1 Å². The first-order valence-electron chi connectivity index (χ1n) is 8.48. The van der Waals surface area contributed by atoms with Crippen LogP contribution in [-0.4, -0.2) is 67.4 Å². The molecule has 0 aliphatic carbocycles.